The van der Waals surface area contributed by atoms with Crippen LogP contribution >= 0.6 is 0 Å². The fourth-order valence-electron chi connectivity index (χ4n) is 1.66. The van der Waals surface area contributed by atoms with Gasteiger partial charge in [-0.2, -0.15) is 10.2 Å². The Labute approximate surface area is 93.4 Å². The van der Waals surface area contributed by atoms with Gasteiger partial charge in [0.2, 0.25) is 0 Å². The Hall–Kier alpha value is -1.78. The van der Waals surface area contributed by atoms with Crippen molar-refractivity contribution < 1.29 is 4.92 Å². The molecule has 16 heavy (non-hydrogen) atoms. The molecule has 0 saturated heterocycles. The minimum atomic E-state index is -0.342. The van der Waals surface area contributed by atoms with Crippen molar-refractivity contribution in [1.82, 2.24) is 0 Å². The standard InChI is InChI=1S/C11H13N3O2/c1-8(11(2)12-13-11)7-9-5-3-4-6-10(9)14(15)16/h3-6,8H,7H2,1-2H3. The van der Waals surface area contributed by atoms with Gasteiger partial charge in [-0.25, -0.2) is 0 Å². The number of hydrogen-bond acceptors (Lipinski definition) is 4. The lowest BCUT2D eigenvalue weighted by atomic mass is 9.92. The third kappa shape index (κ3) is 1.93. The maximum Gasteiger partial charge on any atom is 0.272 e. The first-order valence-electron chi connectivity index (χ1n) is 5.19. The molecule has 5 heteroatoms. The molecule has 1 atom stereocenters. The summed E-state index contributed by atoms with van der Waals surface area (Å²) in [4.78, 5) is 10.5. The van der Waals surface area contributed by atoms with Crippen LogP contribution in [0, 0.1) is 16.0 Å². The van der Waals surface area contributed by atoms with E-state index in [-0.39, 0.29) is 22.2 Å². The Morgan fingerprint density at radius 3 is 2.62 bits per heavy atom. The van der Waals surface area contributed by atoms with Gasteiger partial charge in [0, 0.05) is 17.5 Å². The van der Waals surface area contributed by atoms with Gasteiger partial charge in [0.05, 0.1) is 4.92 Å². The average molecular weight is 219 g/mol. The van der Waals surface area contributed by atoms with Crippen LogP contribution in [0.2, 0.25) is 0 Å². The van der Waals surface area contributed by atoms with Crippen molar-refractivity contribution in [1.29, 1.82) is 0 Å². The average Bonchev–Trinajstić information content (AvgIpc) is 2.98. The summed E-state index contributed by atoms with van der Waals surface area (Å²) < 4.78 is 0. The summed E-state index contributed by atoms with van der Waals surface area (Å²) in [5.41, 5.74) is 0.598. The molecule has 0 saturated carbocycles. The number of nitrogens with zero attached hydrogens (tertiary/aromatic N) is 3. The maximum absolute atomic E-state index is 10.8. The van der Waals surface area contributed by atoms with E-state index in [0.29, 0.717) is 6.42 Å². The summed E-state index contributed by atoms with van der Waals surface area (Å²) in [5, 5.41) is 18.7. The topological polar surface area (TPSA) is 67.9 Å². The maximum atomic E-state index is 10.8. The Morgan fingerprint density at radius 2 is 2.06 bits per heavy atom. The second kappa shape index (κ2) is 3.66. The van der Waals surface area contributed by atoms with Crippen LogP contribution in [0.3, 0.4) is 0 Å². The molecule has 1 unspecified atom stereocenters. The van der Waals surface area contributed by atoms with Crippen LogP contribution in [0.1, 0.15) is 19.4 Å². The molecular formula is C11H13N3O2. The SMILES string of the molecule is CC(Cc1ccccc1[N+](=O)[O-])C1(C)N=N1. The third-order valence-corrected chi connectivity index (χ3v) is 3.06. The Balaban J connectivity index is 2.17. The van der Waals surface area contributed by atoms with Gasteiger partial charge in [-0.15, -0.1) is 0 Å². The molecule has 0 aliphatic carbocycles. The van der Waals surface area contributed by atoms with Crippen molar-refractivity contribution in [3.63, 3.8) is 0 Å². The van der Waals surface area contributed by atoms with Gasteiger partial charge in [-0.3, -0.25) is 10.1 Å². The van der Waals surface area contributed by atoms with Crippen molar-refractivity contribution in [3.05, 3.63) is 39.9 Å². The van der Waals surface area contributed by atoms with Gasteiger partial charge in [0.25, 0.3) is 5.69 Å². The number of nitro benzene ring substituents is 1. The van der Waals surface area contributed by atoms with Gasteiger partial charge in [-0.05, 0) is 13.3 Å². The van der Waals surface area contributed by atoms with Crippen molar-refractivity contribution in [2.45, 2.75) is 25.9 Å². The van der Waals surface area contributed by atoms with Gasteiger partial charge in [0.1, 0.15) is 0 Å². The summed E-state index contributed by atoms with van der Waals surface area (Å²) in [6, 6.07) is 6.82. The van der Waals surface area contributed by atoms with E-state index in [0.717, 1.165) is 5.56 Å². The van der Waals surface area contributed by atoms with Gasteiger partial charge < -0.3 is 0 Å². The highest BCUT2D eigenvalue weighted by Crippen LogP contribution is 2.38. The third-order valence-electron chi connectivity index (χ3n) is 3.06. The largest absolute Gasteiger partial charge is 0.272 e. The van der Waals surface area contributed by atoms with Crippen molar-refractivity contribution in [2.24, 2.45) is 16.1 Å². The predicted molar refractivity (Wildman–Crippen MR) is 59.2 cm³/mol. The highest BCUT2D eigenvalue weighted by Gasteiger charge is 2.40. The van der Waals surface area contributed by atoms with E-state index in [9.17, 15) is 10.1 Å². The zero-order valence-corrected chi connectivity index (χ0v) is 9.25. The molecule has 0 fully saturated rings. The normalized spacial score (nSPS) is 18.1. The lowest BCUT2D eigenvalue weighted by Gasteiger charge is -2.14. The summed E-state index contributed by atoms with van der Waals surface area (Å²) in [5.74, 6) is 0.189. The van der Waals surface area contributed by atoms with Crippen molar-refractivity contribution >= 4 is 5.69 Å². The molecule has 0 bridgehead atoms. The first-order valence-corrected chi connectivity index (χ1v) is 5.19. The van der Waals surface area contributed by atoms with E-state index in [1.165, 1.54) is 6.07 Å². The van der Waals surface area contributed by atoms with E-state index >= 15 is 0 Å². The molecular weight excluding hydrogens is 206 g/mol. The molecule has 1 aliphatic heterocycles. The summed E-state index contributed by atoms with van der Waals surface area (Å²) in [6.45, 7) is 3.95. The summed E-state index contributed by atoms with van der Waals surface area (Å²) >= 11 is 0. The van der Waals surface area contributed by atoms with E-state index in [1.54, 1.807) is 12.1 Å². The first kappa shape index (κ1) is 10.7. The molecule has 5 nitrogen and oxygen atoms in total. The Bertz CT molecular complexity index is 450. The number of hydrogen-bond donors (Lipinski definition) is 0. The van der Waals surface area contributed by atoms with Crippen LogP contribution in [0.4, 0.5) is 5.69 Å². The van der Waals surface area contributed by atoms with Crippen LogP contribution in [-0.4, -0.2) is 10.6 Å². The lowest BCUT2D eigenvalue weighted by Crippen LogP contribution is -2.19. The first-order chi connectivity index (χ1) is 7.53. The molecule has 0 N–H and O–H groups in total. The number of rotatable bonds is 4. The minimum Gasteiger partial charge on any atom is -0.258 e. The molecule has 1 aromatic carbocycles. The van der Waals surface area contributed by atoms with E-state index in [4.69, 9.17) is 0 Å². The van der Waals surface area contributed by atoms with Crippen LogP contribution in [0.5, 0.6) is 0 Å². The zero-order chi connectivity index (χ0) is 11.8. The molecule has 1 heterocycles. The highest BCUT2D eigenvalue weighted by atomic mass is 16.6. The number of para-hydroxylation sites is 1. The molecule has 0 spiro atoms. The summed E-state index contributed by atoms with van der Waals surface area (Å²) in [6.07, 6.45) is 0.626. The lowest BCUT2D eigenvalue weighted by molar-refractivity contribution is -0.385. The molecule has 0 amide bonds. The van der Waals surface area contributed by atoms with Crippen LogP contribution in [-0.2, 0) is 6.42 Å². The summed E-state index contributed by atoms with van der Waals surface area (Å²) in [7, 11) is 0. The minimum absolute atomic E-state index is 0.179. The second-order valence-corrected chi connectivity index (χ2v) is 4.29. The van der Waals surface area contributed by atoms with Crippen LogP contribution in [0.15, 0.2) is 34.5 Å². The Morgan fingerprint density at radius 1 is 1.44 bits per heavy atom. The molecule has 84 valence electrons. The zero-order valence-electron chi connectivity index (χ0n) is 9.25. The van der Waals surface area contributed by atoms with Crippen LogP contribution in [0.25, 0.3) is 0 Å². The van der Waals surface area contributed by atoms with Gasteiger partial charge >= 0.3 is 0 Å². The monoisotopic (exact) mass is 219 g/mol. The van der Waals surface area contributed by atoms with Gasteiger partial charge in [-0.1, -0.05) is 25.1 Å². The smallest absolute Gasteiger partial charge is 0.258 e. The molecule has 0 aromatic heterocycles. The molecule has 0 radical (unpaired) electrons. The van der Waals surface area contributed by atoms with Crippen LogP contribution < -0.4 is 0 Å². The Kier molecular flexibility index (Phi) is 2.46. The van der Waals surface area contributed by atoms with E-state index in [1.807, 2.05) is 19.9 Å². The number of benzene rings is 1. The quantitative estimate of drug-likeness (QED) is 0.577. The highest BCUT2D eigenvalue weighted by molar-refractivity contribution is 5.40. The molecule has 1 aromatic rings. The van der Waals surface area contributed by atoms with Crippen molar-refractivity contribution in [3.8, 4) is 0 Å². The van der Waals surface area contributed by atoms with Gasteiger partial charge in [0.15, 0.2) is 5.66 Å². The molecule has 2 rings (SSSR count). The fraction of sp³-hybridized carbons (Fsp3) is 0.455. The van der Waals surface area contributed by atoms with Crippen molar-refractivity contribution in [2.75, 3.05) is 0 Å². The van der Waals surface area contributed by atoms with E-state index in [2.05, 4.69) is 10.2 Å². The predicted octanol–water partition coefficient (Wildman–Crippen LogP) is 2.96. The molecule has 1 aliphatic rings. The fourth-order valence-corrected chi connectivity index (χ4v) is 1.66. The second-order valence-electron chi connectivity index (χ2n) is 4.29. The number of nitro groups is 1. The van der Waals surface area contributed by atoms with E-state index < -0.39 is 0 Å².